The van der Waals surface area contributed by atoms with E-state index in [1.165, 1.54) is 12.0 Å². The zero-order valence-corrected chi connectivity index (χ0v) is 11.2. The van der Waals surface area contributed by atoms with Crippen LogP contribution in [0.25, 0.3) is 0 Å². The number of hydrogen-bond acceptors (Lipinski definition) is 5. The summed E-state index contributed by atoms with van der Waals surface area (Å²) in [4.78, 5) is 23.9. The predicted octanol–water partition coefficient (Wildman–Crippen LogP) is 2.41. The molecule has 0 aliphatic carbocycles. The van der Waals surface area contributed by atoms with Gasteiger partial charge in [0.1, 0.15) is 5.75 Å². The van der Waals surface area contributed by atoms with Gasteiger partial charge in [0.15, 0.2) is 0 Å². The summed E-state index contributed by atoms with van der Waals surface area (Å²) in [6, 6.07) is 5.16. The minimum absolute atomic E-state index is 0.146. The van der Waals surface area contributed by atoms with Crippen molar-refractivity contribution in [3.63, 3.8) is 0 Å². The molecule has 0 atom stereocenters. The lowest BCUT2D eigenvalue weighted by molar-refractivity contribution is -0.124. The van der Waals surface area contributed by atoms with Gasteiger partial charge in [0.2, 0.25) is 5.91 Å². The van der Waals surface area contributed by atoms with Crippen LogP contribution in [0.15, 0.2) is 18.2 Å². The third kappa shape index (κ3) is 2.70. The van der Waals surface area contributed by atoms with Crippen LogP contribution in [0.1, 0.15) is 0 Å². The number of benzene rings is 1. The van der Waals surface area contributed by atoms with Crippen LogP contribution in [0, 0.1) is 0 Å². The van der Waals surface area contributed by atoms with Crippen LogP contribution in [-0.4, -0.2) is 35.6 Å². The van der Waals surface area contributed by atoms with E-state index in [2.05, 4.69) is 5.32 Å². The number of rotatable bonds is 4. The Morgan fingerprint density at radius 3 is 2.83 bits per heavy atom. The normalized spacial score (nSPS) is 15.1. The Labute approximate surface area is 113 Å². The number of amides is 2. The summed E-state index contributed by atoms with van der Waals surface area (Å²) in [6.45, 7) is 0.146. The highest BCUT2D eigenvalue weighted by Gasteiger charge is 2.29. The lowest BCUT2D eigenvalue weighted by Crippen LogP contribution is -2.33. The first-order valence-corrected chi connectivity index (χ1v) is 6.52. The van der Waals surface area contributed by atoms with Crippen molar-refractivity contribution in [2.75, 3.05) is 24.8 Å². The number of nitrogens with one attached hydrogen (secondary N) is 1. The van der Waals surface area contributed by atoms with Crippen molar-refractivity contribution in [3.8, 4) is 5.75 Å². The Balaban J connectivity index is 2.00. The molecule has 1 heterocycles. The fourth-order valence-corrected chi connectivity index (χ4v) is 2.46. The monoisotopic (exact) mass is 286 g/mol. The van der Waals surface area contributed by atoms with Gasteiger partial charge in [-0.05, 0) is 18.2 Å². The van der Waals surface area contributed by atoms with Gasteiger partial charge in [0.25, 0.3) is 5.24 Å². The Morgan fingerprint density at radius 1 is 1.50 bits per heavy atom. The molecule has 0 spiro atoms. The third-order valence-corrected chi connectivity index (χ3v) is 3.59. The van der Waals surface area contributed by atoms with Gasteiger partial charge >= 0.3 is 0 Å². The second-order valence-corrected chi connectivity index (χ2v) is 4.89. The highest BCUT2D eigenvalue weighted by molar-refractivity contribution is 8.14. The molecule has 0 bridgehead atoms. The molecule has 1 aromatic rings. The molecule has 2 rings (SSSR count). The molecule has 1 aromatic carbocycles. The maximum atomic E-state index is 11.4. The highest BCUT2D eigenvalue weighted by Crippen LogP contribution is 2.27. The molecule has 1 fully saturated rings. The molecule has 2 amide bonds. The summed E-state index contributed by atoms with van der Waals surface area (Å²) in [5.41, 5.74) is 0.721. The van der Waals surface area contributed by atoms with Gasteiger partial charge in [-0.25, -0.2) is 0 Å². The zero-order valence-electron chi connectivity index (χ0n) is 9.60. The van der Waals surface area contributed by atoms with Crippen molar-refractivity contribution >= 4 is 40.2 Å². The second kappa shape index (κ2) is 5.49. The van der Waals surface area contributed by atoms with E-state index in [0.29, 0.717) is 10.8 Å². The number of imide groups is 1. The molecular formula is C11H11ClN2O3S. The molecule has 5 nitrogen and oxygen atoms in total. The van der Waals surface area contributed by atoms with Gasteiger partial charge < -0.3 is 10.1 Å². The van der Waals surface area contributed by atoms with Gasteiger partial charge in [-0.2, -0.15) is 0 Å². The third-order valence-electron chi connectivity index (χ3n) is 2.43. The number of methoxy groups -OCH3 is 1. The summed E-state index contributed by atoms with van der Waals surface area (Å²) in [6.07, 6.45) is 0. The maximum absolute atomic E-state index is 11.4. The molecule has 96 valence electrons. The summed E-state index contributed by atoms with van der Waals surface area (Å²) in [7, 11) is 1.53. The van der Waals surface area contributed by atoms with Crippen molar-refractivity contribution < 1.29 is 14.3 Å². The zero-order chi connectivity index (χ0) is 13.1. The van der Waals surface area contributed by atoms with Crippen molar-refractivity contribution in [2.24, 2.45) is 0 Å². The first-order valence-electron chi connectivity index (χ1n) is 5.16. The van der Waals surface area contributed by atoms with Crippen LogP contribution in [0.5, 0.6) is 5.75 Å². The largest absolute Gasteiger partial charge is 0.495 e. The summed E-state index contributed by atoms with van der Waals surface area (Å²) in [5.74, 6) is 0.604. The van der Waals surface area contributed by atoms with Crippen LogP contribution in [-0.2, 0) is 4.79 Å². The van der Waals surface area contributed by atoms with Crippen molar-refractivity contribution in [3.05, 3.63) is 23.2 Å². The first-order chi connectivity index (χ1) is 8.61. The molecule has 1 aliphatic rings. The minimum atomic E-state index is -0.230. The summed E-state index contributed by atoms with van der Waals surface area (Å²) < 4.78 is 5.03. The molecule has 1 N–H and O–H groups in total. The number of hydrogen-bond donors (Lipinski definition) is 1. The van der Waals surface area contributed by atoms with E-state index < -0.39 is 0 Å². The average molecular weight is 287 g/mol. The first kappa shape index (κ1) is 13.0. The molecule has 0 radical (unpaired) electrons. The Morgan fingerprint density at radius 2 is 2.28 bits per heavy atom. The Kier molecular flexibility index (Phi) is 3.98. The molecule has 0 aromatic heterocycles. The van der Waals surface area contributed by atoms with Gasteiger partial charge in [-0.15, -0.1) is 0 Å². The van der Waals surface area contributed by atoms with Crippen molar-refractivity contribution in [1.82, 2.24) is 4.90 Å². The van der Waals surface area contributed by atoms with E-state index in [0.717, 1.165) is 17.4 Å². The van der Waals surface area contributed by atoms with Crippen molar-refractivity contribution in [1.29, 1.82) is 0 Å². The van der Waals surface area contributed by atoms with E-state index in [1.54, 1.807) is 18.2 Å². The van der Waals surface area contributed by atoms with E-state index in [4.69, 9.17) is 16.3 Å². The van der Waals surface area contributed by atoms with Gasteiger partial charge in [0.05, 0.1) is 24.6 Å². The molecule has 0 saturated carbocycles. The van der Waals surface area contributed by atoms with E-state index in [9.17, 15) is 9.59 Å². The number of nitrogens with zero attached hydrogens (tertiary/aromatic N) is 1. The number of carbonyl (C=O) groups excluding carboxylic acids is 2. The number of anilines is 1. The van der Waals surface area contributed by atoms with Gasteiger partial charge in [-0.3, -0.25) is 14.5 Å². The standard InChI is InChI=1S/C11H11ClN2O3S/c1-17-9-3-2-7(4-8(9)12)13-6-14-10(15)5-18-11(14)16/h2-4,13H,5-6H2,1H3. The maximum Gasteiger partial charge on any atom is 0.290 e. The van der Waals surface area contributed by atoms with E-state index >= 15 is 0 Å². The molecule has 0 unspecified atom stereocenters. The minimum Gasteiger partial charge on any atom is -0.495 e. The summed E-state index contributed by atoms with van der Waals surface area (Å²) >= 11 is 6.97. The number of carbonyl (C=O) groups is 2. The Bertz CT molecular complexity index is 479. The molecule has 1 saturated heterocycles. The average Bonchev–Trinajstić information content (AvgIpc) is 2.67. The highest BCUT2D eigenvalue weighted by atomic mass is 35.5. The van der Waals surface area contributed by atoms with Crippen LogP contribution in [0.4, 0.5) is 10.5 Å². The van der Waals surface area contributed by atoms with Crippen LogP contribution < -0.4 is 10.1 Å². The molecule has 7 heteroatoms. The smallest absolute Gasteiger partial charge is 0.290 e. The predicted molar refractivity (Wildman–Crippen MR) is 71.2 cm³/mol. The fourth-order valence-electron chi connectivity index (χ4n) is 1.48. The Hall–Kier alpha value is -1.40. The van der Waals surface area contributed by atoms with E-state index in [1.807, 2.05) is 0 Å². The number of thioether (sulfide) groups is 1. The SMILES string of the molecule is COc1ccc(NCN2C(=O)CSC2=O)cc1Cl. The second-order valence-electron chi connectivity index (χ2n) is 3.56. The molecular weight excluding hydrogens is 276 g/mol. The van der Waals surface area contributed by atoms with Crippen LogP contribution >= 0.6 is 23.4 Å². The van der Waals surface area contributed by atoms with Crippen molar-refractivity contribution in [2.45, 2.75) is 0 Å². The quantitative estimate of drug-likeness (QED) is 0.921. The summed E-state index contributed by atoms with van der Waals surface area (Å²) in [5, 5.41) is 3.21. The molecule has 18 heavy (non-hydrogen) atoms. The number of ether oxygens (including phenoxy) is 1. The topological polar surface area (TPSA) is 58.6 Å². The van der Waals surface area contributed by atoms with Crippen LogP contribution in [0.3, 0.4) is 0 Å². The number of halogens is 1. The van der Waals surface area contributed by atoms with Gasteiger partial charge in [0, 0.05) is 5.69 Å². The fraction of sp³-hybridized carbons (Fsp3) is 0.273. The lowest BCUT2D eigenvalue weighted by atomic mass is 10.3. The lowest BCUT2D eigenvalue weighted by Gasteiger charge is -2.15. The van der Waals surface area contributed by atoms with Gasteiger partial charge in [-0.1, -0.05) is 23.4 Å². The van der Waals surface area contributed by atoms with E-state index in [-0.39, 0.29) is 23.6 Å². The molecule has 1 aliphatic heterocycles. The van der Waals surface area contributed by atoms with Crippen LogP contribution in [0.2, 0.25) is 5.02 Å².